The maximum Gasteiger partial charge on any atom is 0.437 e. The molecule has 0 spiro atoms. The van der Waals surface area contributed by atoms with Gasteiger partial charge >= 0.3 is 6.09 Å². The van der Waals surface area contributed by atoms with Gasteiger partial charge in [0.1, 0.15) is 29.4 Å². The van der Waals surface area contributed by atoms with E-state index in [1.54, 1.807) is 24.3 Å². The molecule has 0 fully saturated rings. The second-order valence-corrected chi connectivity index (χ2v) is 5.51. The molecule has 132 valence electrons. The molecule has 0 aliphatic heterocycles. The van der Waals surface area contributed by atoms with Crippen LogP contribution in [0.1, 0.15) is 5.76 Å². The zero-order chi connectivity index (χ0) is 18.5. The fourth-order valence-electron chi connectivity index (χ4n) is 2.06. The molecule has 0 saturated heterocycles. The third-order valence-electron chi connectivity index (χ3n) is 3.23. The van der Waals surface area contributed by atoms with Crippen molar-refractivity contribution in [1.29, 1.82) is 0 Å². The number of amides is 1. The van der Waals surface area contributed by atoms with Crippen LogP contribution in [0.5, 0.6) is 0 Å². The predicted molar refractivity (Wildman–Crippen MR) is 93.2 cm³/mol. The van der Waals surface area contributed by atoms with E-state index in [1.165, 1.54) is 18.2 Å². The summed E-state index contributed by atoms with van der Waals surface area (Å²) in [5.41, 5.74) is 0.592. The minimum atomic E-state index is -0.806. The highest BCUT2D eigenvalue weighted by atomic mass is 35.5. The molecule has 1 heterocycles. The third kappa shape index (κ3) is 4.46. The number of oxime groups is 1. The van der Waals surface area contributed by atoms with E-state index in [0.29, 0.717) is 10.7 Å². The fraction of sp³-hybridized carbons (Fsp3) is 0. The van der Waals surface area contributed by atoms with Crippen molar-refractivity contribution < 1.29 is 22.8 Å². The number of furan rings is 1. The van der Waals surface area contributed by atoms with Crippen molar-refractivity contribution in [3.8, 4) is 11.3 Å². The van der Waals surface area contributed by atoms with E-state index in [0.717, 1.165) is 18.3 Å². The summed E-state index contributed by atoms with van der Waals surface area (Å²) in [7, 11) is 0. The molecule has 2 aromatic carbocycles. The predicted octanol–water partition coefficient (Wildman–Crippen LogP) is 5.46. The van der Waals surface area contributed by atoms with Crippen LogP contribution in [0.4, 0.5) is 19.3 Å². The van der Waals surface area contributed by atoms with Gasteiger partial charge in [-0.25, -0.2) is 13.6 Å². The lowest BCUT2D eigenvalue weighted by Crippen LogP contribution is -2.10. The third-order valence-corrected chi connectivity index (χ3v) is 3.48. The Labute approximate surface area is 151 Å². The van der Waals surface area contributed by atoms with Crippen molar-refractivity contribution in [2.45, 2.75) is 0 Å². The summed E-state index contributed by atoms with van der Waals surface area (Å²) < 4.78 is 32.0. The van der Waals surface area contributed by atoms with Crippen LogP contribution >= 0.6 is 11.6 Å². The van der Waals surface area contributed by atoms with Crippen molar-refractivity contribution in [1.82, 2.24) is 0 Å². The Morgan fingerprint density at radius 3 is 2.62 bits per heavy atom. The first-order chi connectivity index (χ1) is 12.5. The van der Waals surface area contributed by atoms with E-state index in [4.69, 9.17) is 16.0 Å². The molecule has 0 radical (unpaired) electrons. The first-order valence-corrected chi connectivity index (χ1v) is 7.71. The molecule has 0 atom stereocenters. The topological polar surface area (TPSA) is 63.8 Å². The van der Waals surface area contributed by atoms with Crippen molar-refractivity contribution in [3.63, 3.8) is 0 Å². The Bertz CT molecular complexity index is 955. The fourth-order valence-corrected chi connectivity index (χ4v) is 2.18. The van der Waals surface area contributed by atoms with E-state index in [2.05, 4.69) is 15.3 Å². The van der Waals surface area contributed by atoms with E-state index in [1.807, 2.05) is 0 Å². The molecule has 0 bridgehead atoms. The van der Waals surface area contributed by atoms with Gasteiger partial charge in [-0.1, -0.05) is 16.8 Å². The highest BCUT2D eigenvalue weighted by Gasteiger charge is 2.10. The average Bonchev–Trinajstić information content (AvgIpc) is 3.05. The van der Waals surface area contributed by atoms with Crippen LogP contribution in [0.15, 0.2) is 64.2 Å². The molecule has 0 aliphatic rings. The van der Waals surface area contributed by atoms with E-state index in [9.17, 15) is 13.6 Å². The zero-order valence-corrected chi connectivity index (χ0v) is 13.8. The lowest BCUT2D eigenvalue weighted by Gasteiger charge is -2.01. The SMILES string of the molecule is O=C(Nc1ccc(Cl)cc1)O/N=C\c1ccc(-c2ccc(F)cc2F)o1. The molecular formula is C18H11ClF2N2O3. The minimum absolute atomic E-state index is 0.104. The van der Waals surface area contributed by atoms with Crippen LogP contribution in [0, 0.1) is 11.6 Å². The second kappa shape index (κ2) is 7.79. The smallest absolute Gasteiger partial charge is 0.437 e. The average molecular weight is 377 g/mol. The molecule has 3 rings (SSSR count). The van der Waals surface area contributed by atoms with Crippen LogP contribution in [0.3, 0.4) is 0 Å². The second-order valence-electron chi connectivity index (χ2n) is 5.07. The molecule has 0 aliphatic carbocycles. The summed E-state index contributed by atoms with van der Waals surface area (Å²) in [4.78, 5) is 16.2. The van der Waals surface area contributed by atoms with Gasteiger partial charge in [0.2, 0.25) is 0 Å². The number of rotatable bonds is 4. The van der Waals surface area contributed by atoms with Crippen molar-refractivity contribution in [2.75, 3.05) is 5.32 Å². The van der Waals surface area contributed by atoms with Crippen LogP contribution in [-0.4, -0.2) is 12.3 Å². The highest BCUT2D eigenvalue weighted by Crippen LogP contribution is 2.25. The number of carbonyl (C=O) groups is 1. The summed E-state index contributed by atoms with van der Waals surface area (Å²) in [6, 6.07) is 12.6. The lowest BCUT2D eigenvalue weighted by molar-refractivity contribution is 0.167. The molecule has 1 aromatic heterocycles. The van der Waals surface area contributed by atoms with Crippen molar-refractivity contribution >= 4 is 29.6 Å². The number of anilines is 1. The van der Waals surface area contributed by atoms with Gasteiger partial charge in [-0.05, 0) is 48.5 Å². The summed E-state index contributed by atoms with van der Waals surface area (Å²) in [6.45, 7) is 0. The van der Waals surface area contributed by atoms with Gasteiger partial charge in [0.25, 0.3) is 0 Å². The van der Waals surface area contributed by atoms with E-state index < -0.39 is 17.7 Å². The van der Waals surface area contributed by atoms with Crippen molar-refractivity contribution in [3.05, 3.63) is 77.0 Å². The van der Waals surface area contributed by atoms with Crippen LogP contribution in [0.2, 0.25) is 5.02 Å². The molecule has 0 unspecified atom stereocenters. The number of nitrogens with one attached hydrogen (secondary N) is 1. The zero-order valence-electron chi connectivity index (χ0n) is 13.1. The first kappa shape index (κ1) is 17.6. The summed E-state index contributed by atoms with van der Waals surface area (Å²) >= 11 is 5.74. The molecule has 0 saturated carbocycles. The molecular weight excluding hydrogens is 366 g/mol. The largest absolute Gasteiger partial charge is 0.455 e. The van der Waals surface area contributed by atoms with E-state index in [-0.39, 0.29) is 17.1 Å². The van der Waals surface area contributed by atoms with Crippen molar-refractivity contribution in [2.24, 2.45) is 5.16 Å². The molecule has 1 N–H and O–H groups in total. The highest BCUT2D eigenvalue weighted by molar-refractivity contribution is 6.30. The summed E-state index contributed by atoms with van der Waals surface area (Å²) in [6.07, 6.45) is 0.340. The maximum absolute atomic E-state index is 13.7. The quantitative estimate of drug-likeness (QED) is 0.373. The number of hydrogen-bond acceptors (Lipinski definition) is 4. The number of halogens is 3. The van der Waals surface area contributed by atoms with Gasteiger partial charge in [0.05, 0.1) is 5.56 Å². The molecule has 26 heavy (non-hydrogen) atoms. The first-order valence-electron chi connectivity index (χ1n) is 7.33. The van der Waals surface area contributed by atoms with Gasteiger partial charge in [-0.3, -0.25) is 10.2 Å². The summed E-state index contributed by atoms with van der Waals surface area (Å²) in [5.74, 6) is -1.02. The standard InChI is InChI=1S/C18H11ClF2N2O3/c19-11-1-4-13(5-2-11)23-18(24)26-22-10-14-6-8-17(25-14)15-7-3-12(20)9-16(15)21/h1-10H,(H,23,24)/b22-10-. The lowest BCUT2D eigenvalue weighted by atomic mass is 10.1. The van der Waals surface area contributed by atoms with Crippen LogP contribution in [-0.2, 0) is 4.84 Å². The molecule has 5 nitrogen and oxygen atoms in total. The molecule has 3 aromatic rings. The van der Waals surface area contributed by atoms with Gasteiger partial charge in [-0.2, -0.15) is 0 Å². The maximum atomic E-state index is 13.7. The number of nitrogens with zero attached hydrogens (tertiary/aromatic N) is 1. The number of benzene rings is 2. The van der Waals surface area contributed by atoms with Gasteiger partial charge in [-0.15, -0.1) is 0 Å². The Hall–Kier alpha value is -3.19. The van der Waals surface area contributed by atoms with Crippen LogP contribution < -0.4 is 5.32 Å². The Balaban J connectivity index is 1.60. The van der Waals surface area contributed by atoms with Crippen LogP contribution in [0.25, 0.3) is 11.3 Å². The van der Waals surface area contributed by atoms with Gasteiger partial charge in [0.15, 0.2) is 0 Å². The normalized spacial score (nSPS) is 10.9. The Morgan fingerprint density at radius 1 is 1.12 bits per heavy atom. The Morgan fingerprint density at radius 2 is 1.88 bits per heavy atom. The van der Waals surface area contributed by atoms with Gasteiger partial charge in [0, 0.05) is 16.8 Å². The Kier molecular flexibility index (Phi) is 5.28. The molecule has 1 amide bonds. The minimum Gasteiger partial charge on any atom is -0.455 e. The number of carbonyl (C=O) groups excluding carboxylic acids is 1. The van der Waals surface area contributed by atoms with E-state index >= 15 is 0 Å². The monoisotopic (exact) mass is 376 g/mol. The van der Waals surface area contributed by atoms with Gasteiger partial charge < -0.3 is 4.42 Å². The number of hydrogen-bond donors (Lipinski definition) is 1. The summed E-state index contributed by atoms with van der Waals surface area (Å²) in [5, 5.41) is 6.47. The molecule has 8 heteroatoms.